The average Bonchev–Trinajstić information content (AvgIpc) is 3.02. The number of hydrogen-bond acceptors (Lipinski definition) is 9. The lowest BCUT2D eigenvalue weighted by Gasteiger charge is -2.03. The van der Waals surface area contributed by atoms with Crippen LogP contribution in [0.2, 0.25) is 0 Å². The van der Waals surface area contributed by atoms with Crippen molar-refractivity contribution in [3.05, 3.63) is 38.0 Å². The molecule has 0 saturated carbocycles. The van der Waals surface area contributed by atoms with Gasteiger partial charge in [0.1, 0.15) is 6.54 Å². The van der Waals surface area contributed by atoms with Crippen molar-refractivity contribution in [2.24, 2.45) is 0 Å². The van der Waals surface area contributed by atoms with Gasteiger partial charge in [0.05, 0.1) is 18.8 Å². The van der Waals surface area contributed by atoms with Gasteiger partial charge in [-0.25, -0.2) is 4.79 Å². The van der Waals surface area contributed by atoms with Crippen molar-refractivity contribution in [1.29, 1.82) is 0 Å². The molecule has 1 amide bonds. The molecule has 0 aliphatic carbocycles. The molecule has 12 heteroatoms. The topological polar surface area (TPSA) is 160 Å². The fourth-order valence-corrected chi connectivity index (χ4v) is 2.53. The summed E-state index contributed by atoms with van der Waals surface area (Å²) in [6.45, 7) is 3.29. The molecule has 26 heavy (non-hydrogen) atoms. The van der Waals surface area contributed by atoms with Gasteiger partial charge in [-0.05, 0) is 13.8 Å². The van der Waals surface area contributed by atoms with E-state index < -0.39 is 23.1 Å². The Labute approximate surface area is 150 Å². The molecule has 0 aliphatic rings. The highest BCUT2D eigenvalue weighted by Gasteiger charge is 2.14. The first-order chi connectivity index (χ1) is 12.4. The first-order valence-corrected chi connectivity index (χ1v) is 8.57. The van der Waals surface area contributed by atoms with Gasteiger partial charge < -0.3 is 19.5 Å². The number of H-pyrrole nitrogens is 2. The number of thioether (sulfide) groups is 1. The second-order valence-electron chi connectivity index (χ2n) is 5.02. The van der Waals surface area contributed by atoms with Crippen LogP contribution in [0.1, 0.15) is 24.1 Å². The summed E-state index contributed by atoms with van der Waals surface area (Å²) in [5.74, 6) is -0.775. The monoisotopic (exact) mass is 383 g/mol. The molecular weight excluding hydrogens is 366 g/mol. The van der Waals surface area contributed by atoms with Crippen LogP contribution in [0.4, 0.5) is 0 Å². The number of hydrogen-bond donors (Lipinski definition) is 3. The Balaban J connectivity index is 1.88. The Hall–Kier alpha value is -2.89. The number of aromatic amines is 2. The van der Waals surface area contributed by atoms with Crippen molar-refractivity contribution in [1.82, 2.24) is 25.5 Å². The van der Waals surface area contributed by atoms with Gasteiger partial charge in [-0.1, -0.05) is 11.8 Å². The molecule has 0 aliphatic heterocycles. The molecule has 0 fully saturated rings. The highest BCUT2D eigenvalue weighted by atomic mass is 32.2. The number of ether oxygens (including phenoxy) is 1. The molecule has 2 aromatic rings. The standard InChI is InChI=1S/C14H17N5O6S/c1-3-24-11(21)5-15-9(20)6-26-14-19-18-10(25-14)4-8-7(2)16-13(23)17-12(8)22/h3-6H2,1-2H3,(H,15,20)(H2,16,17,22,23). The molecule has 0 atom stereocenters. The summed E-state index contributed by atoms with van der Waals surface area (Å²) in [4.78, 5) is 50.4. The van der Waals surface area contributed by atoms with Crippen LogP contribution >= 0.6 is 11.8 Å². The van der Waals surface area contributed by atoms with Crippen molar-refractivity contribution in [2.75, 3.05) is 18.9 Å². The van der Waals surface area contributed by atoms with Crippen molar-refractivity contribution in [3.63, 3.8) is 0 Å². The van der Waals surface area contributed by atoms with Gasteiger partial charge in [-0.2, -0.15) is 0 Å². The molecule has 2 heterocycles. The van der Waals surface area contributed by atoms with E-state index in [0.717, 1.165) is 11.8 Å². The molecular formula is C14H17N5O6S. The second-order valence-corrected chi connectivity index (χ2v) is 5.95. The fourth-order valence-electron chi connectivity index (χ4n) is 1.92. The third-order valence-electron chi connectivity index (χ3n) is 3.09. The first-order valence-electron chi connectivity index (χ1n) is 7.58. The zero-order chi connectivity index (χ0) is 19.1. The maximum atomic E-state index is 11.8. The molecule has 3 N–H and O–H groups in total. The quantitative estimate of drug-likeness (QED) is 0.388. The van der Waals surface area contributed by atoms with E-state index in [1.54, 1.807) is 13.8 Å². The molecule has 140 valence electrons. The van der Waals surface area contributed by atoms with Crippen LogP contribution in [0.5, 0.6) is 0 Å². The molecule has 2 aromatic heterocycles. The van der Waals surface area contributed by atoms with Crippen molar-refractivity contribution >= 4 is 23.6 Å². The summed E-state index contributed by atoms with van der Waals surface area (Å²) in [5, 5.41) is 10.1. The normalized spacial score (nSPS) is 10.5. The van der Waals surface area contributed by atoms with Gasteiger partial charge in [0.2, 0.25) is 11.8 Å². The first kappa shape index (κ1) is 19.4. The largest absolute Gasteiger partial charge is 0.465 e. The third kappa shape index (κ3) is 5.58. The second kappa shape index (κ2) is 8.99. The minimum atomic E-state index is -0.591. The number of aromatic nitrogens is 4. The highest BCUT2D eigenvalue weighted by Crippen LogP contribution is 2.17. The van der Waals surface area contributed by atoms with Crippen LogP contribution in [-0.4, -0.2) is 50.9 Å². The fraction of sp³-hybridized carbons (Fsp3) is 0.429. The van der Waals surface area contributed by atoms with Crippen LogP contribution in [-0.2, 0) is 20.7 Å². The summed E-state index contributed by atoms with van der Waals surface area (Å²) in [6, 6.07) is 0. The van der Waals surface area contributed by atoms with Gasteiger partial charge in [0, 0.05) is 11.3 Å². The predicted molar refractivity (Wildman–Crippen MR) is 89.9 cm³/mol. The molecule has 0 bridgehead atoms. The van der Waals surface area contributed by atoms with E-state index in [2.05, 4.69) is 25.5 Å². The van der Waals surface area contributed by atoms with E-state index >= 15 is 0 Å². The van der Waals surface area contributed by atoms with Crippen LogP contribution < -0.4 is 16.6 Å². The Morgan fingerprint density at radius 2 is 2.04 bits per heavy atom. The third-order valence-corrected chi connectivity index (χ3v) is 3.91. The number of carbonyl (C=O) groups excluding carboxylic acids is 2. The van der Waals surface area contributed by atoms with E-state index in [4.69, 9.17) is 9.15 Å². The van der Waals surface area contributed by atoms with Crippen LogP contribution in [0.25, 0.3) is 0 Å². The Kier molecular flexibility index (Phi) is 6.72. The molecule has 0 radical (unpaired) electrons. The summed E-state index contributed by atoms with van der Waals surface area (Å²) in [7, 11) is 0. The zero-order valence-electron chi connectivity index (χ0n) is 14.1. The molecule has 2 rings (SSSR count). The number of nitrogens with one attached hydrogen (secondary N) is 3. The molecule has 0 unspecified atom stereocenters. The number of rotatable bonds is 8. The number of nitrogens with zero attached hydrogens (tertiary/aromatic N) is 2. The Morgan fingerprint density at radius 1 is 1.27 bits per heavy atom. The lowest BCUT2D eigenvalue weighted by atomic mass is 10.2. The predicted octanol–water partition coefficient (Wildman–Crippen LogP) is -0.883. The van der Waals surface area contributed by atoms with Crippen LogP contribution in [0, 0.1) is 6.92 Å². The summed E-state index contributed by atoms with van der Waals surface area (Å²) in [5.41, 5.74) is -0.412. The van der Waals surface area contributed by atoms with E-state index in [1.165, 1.54) is 0 Å². The molecule has 0 spiro atoms. The number of amides is 1. The van der Waals surface area contributed by atoms with Crippen LogP contribution in [0.3, 0.4) is 0 Å². The average molecular weight is 383 g/mol. The van der Waals surface area contributed by atoms with Gasteiger partial charge in [-0.15, -0.1) is 10.2 Å². The van der Waals surface area contributed by atoms with E-state index in [-0.39, 0.29) is 36.4 Å². The van der Waals surface area contributed by atoms with Gasteiger partial charge in [-0.3, -0.25) is 19.4 Å². The minimum Gasteiger partial charge on any atom is -0.465 e. The molecule has 0 saturated heterocycles. The maximum absolute atomic E-state index is 11.8. The molecule has 0 aromatic carbocycles. The summed E-state index contributed by atoms with van der Waals surface area (Å²) >= 11 is 0.988. The lowest BCUT2D eigenvalue weighted by Crippen LogP contribution is -2.31. The van der Waals surface area contributed by atoms with E-state index in [1.807, 2.05) is 0 Å². The van der Waals surface area contributed by atoms with Crippen molar-refractivity contribution in [2.45, 2.75) is 25.5 Å². The maximum Gasteiger partial charge on any atom is 0.325 e. The van der Waals surface area contributed by atoms with Gasteiger partial charge >= 0.3 is 11.7 Å². The smallest absolute Gasteiger partial charge is 0.325 e. The Bertz CT molecular complexity index is 902. The molecule has 11 nitrogen and oxygen atoms in total. The summed E-state index contributed by atoms with van der Waals surface area (Å²) < 4.78 is 10.1. The zero-order valence-corrected chi connectivity index (χ0v) is 14.9. The van der Waals surface area contributed by atoms with Crippen molar-refractivity contribution < 1.29 is 18.7 Å². The minimum absolute atomic E-state index is 0.0285. The van der Waals surface area contributed by atoms with Gasteiger partial charge in [0.15, 0.2) is 0 Å². The van der Waals surface area contributed by atoms with Crippen molar-refractivity contribution in [3.8, 4) is 0 Å². The Morgan fingerprint density at radius 3 is 2.73 bits per heavy atom. The summed E-state index contributed by atoms with van der Waals surface area (Å²) in [6.07, 6.45) is 0.0422. The lowest BCUT2D eigenvalue weighted by molar-refractivity contribution is -0.143. The number of esters is 1. The number of aryl methyl sites for hydroxylation is 1. The SMILES string of the molecule is CCOC(=O)CNC(=O)CSc1nnc(Cc2c(C)[nH]c(=O)[nH]c2=O)o1. The van der Waals surface area contributed by atoms with Crippen LogP contribution in [0.15, 0.2) is 19.2 Å². The van der Waals surface area contributed by atoms with E-state index in [0.29, 0.717) is 11.3 Å². The van der Waals surface area contributed by atoms with E-state index in [9.17, 15) is 19.2 Å². The number of carbonyl (C=O) groups is 2. The highest BCUT2D eigenvalue weighted by molar-refractivity contribution is 7.99. The van der Waals surface area contributed by atoms with Gasteiger partial charge in [0.25, 0.3) is 10.8 Å².